The van der Waals surface area contributed by atoms with Crippen LogP contribution in [0.25, 0.3) is 0 Å². The Hall–Kier alpha value is -0.0800. The fourth-order valence-corrected chi connectivity index (χ4v) is 2.57. The van der Waals surface area contributed by atoms with Crippen molar-refractivity contribution < 1.29 is 0 Å². The fraction of sp³-hybridized carbons (Fsp3) is 1.00. The van der Waals surface area contributed by atoms with E-state index in [1.807, 2.05) is 0 Å². The summed E-state index contributed by atoms with van der Waals surface area (Å²) < 4.78 is 0. The predicted octanol–water partition coefficient (Wildman–Crippen LogP) is 2.93. The third-order valence-corrected chi connectivity index (χ3v) is 4.15. The van der Waals surface area contributed by atoms with Gasteiger partial charge in [-0.05, 0) is 38.1 Å². The molecule has 1 aliphatic heterocycles. The summed E-state index contributed by atoms with van der Waals surface area (Å²) in [6.45, 7) is 10.5. The summed E-state index contributed by atoms with van der Waals surface area (Å²) in [5, 5.41) is 7.24. The largest absolute Gasteiger partial charge is 0.316 e. The first-order valence-electron chi connectivity index (χ1n) is 7.16. The number of nitrogens with one attached hydrogen (secondary N) is 2. The molecular formula is C14H30N2. The first kappa shape index (κ1) is 14.0. The smallest absolute Gasteiger partial charge is 0.00389 e. The van der Waals surface area contributed by atoms with Gasteiger partial charge in [0.1, 0.15) is 0 Å². The molecule has 1 aliphatic rings. The summed E-state index contributed by atoms with van der Waals surface area (Å²) >= 11 is 0. The number of hydrogen-bond acceptors (Lipinski definition) is 2. The molecule has 0 radical (unpaired) electrons. The zero-order valence-electron chi connectivity index (χ0n) is 11.4. The first-order valence-corrected chi connectivity index (χ1v) is 7.16. The van der Waals surface area contributed by atoms with E-state index in [-0.39, 0.29) is 0 Å². The third kappa shape index (κ3) is 4.42. The highest BCUT2D eigenvalue weighted by Crippen LogP contribution is 2.28. The fourth-order valence-electron chi connectivity index (χ4n) is 2.57. The van der Waals surface area contributed by atoms with E-state index >= 15 is 0 Å². The van der Waals surface area contributed by atoms with Crippen molar-refractivity contribution in [3.05, 3.63) is 0 Å². The molecule has 96 valence electrons. The lowest BCUT2D eigenvalue weighted by atomic mass is 9.84. The number of hydrogen-bond donors (Lipinski definition) is 2. The summed E-state index contributed by atoms with van der Waals surface area (Å²) in [5.74, 6) is 0. The van der Waals surface area contributed by atoms with E-state index in [4.69, 9.17) is 0 Å². The second kappa shape index (κ2) is 7.29. The molecular weight excluding hydrogens is 196 g/mol. The maximum absolute atomic E-state index is 3.74. The van der Waals surface area contributed by atoms with Crippen LogP contribution in [-0.2, 0) is 0 Å². The Morgan fingerprint density at radius 2 is 2.12 bits per heavy atom. The molecule has 0 aromatic rings. The molecule has 0 bridgehead atoms. The normalized spacial score (nSPS) is 27.2. The van der Waals surface area contributed by atoms with Crippen LogP contribution in [0.3, 0.4) is 0 Å². The molecule has 2 N–H and O–H groups in total. The molecule has 2 atom stereocenters. The Bertz CT molecular complexity index is 174. The van der Waals surface area contributed by atoms with E-state index < -0.39 is 0 Å². The van der Waals surface area contributed by atoms with Crippen molar-refractivity contribution >= 4 is 0 Å². The summed E-state index contributed by atoms with van der Waals surface area (Å²) in [4.78, 5) is 0. The Kier molecular flexibility index (Phi) is 6.37. The molecule has 1 heterocycles. The highest BCUT2D eigenvalue weighted by Gasteiger charge is 2.31. The average molecular weight is 226 g/mol. The average Bonchev–Trinajstić information content (AvgIpc) is 2.76. The molecule has 0 aromatic carbocycles. The molecule has 2 unspecified atom stereocenters. The number of rotatable bonds is 8. The molecule has 0 saturated carbocycles. The standard InChI is InChI=1S/C14H30N2/c1-4-6-7-8-13(3)16-12-14(5-2)9-10-15-11-14/h13,15-16H,4-12H2,1-3H3. The first-order chi connectivity index (χ1) is 7.72. The lowest BCUT2D eigenvalue weighted by Crippen LogP contribution is -2.39. The van der Waals surface area contributed by atoms with Crippen LogP contribution < -0.4 is 10.6 Å². The second-order valence-corrected chi connectivity index (χ2v) is 5.56. The highest BCUT2D eigenvalue weighted by atomic mass is 15.0. The topological polar surface area (TPSA) is 24.1 Å². The minimum atomic E-state index is 0.541. The second-order valence-electron chi connectivity index (χ2n) is 5.56. The molecule has 1 rings (SSSR count). The van der Waals surface area contributed by atoms with Crippen LogP contribution in [-0.4, -0.2) is 25.7 Å². The van der Waals surface area contributed by atoms with Gasteiger partial charge in [-0.25, -0.2) is 0 Å². The molecule has 0 aromatic heterocycles. The Balaban J connectivity index is 2.16. The van der Waals surface area contributed by atoms with Gasteiger partial charge >= 0.3 is 0 Å². The van der Waals surface area contributed by atoms with E-state index in [0.717, 1.165) is 0 Å². The zero-order chi connectivity index (χ0) is 11.9. The molecule has 0 aliphatic carbocycles. The van der Waals surface area contributed by atoms with Crippen molar-refractivity contribution in [2.45, 2.75) is 65.3 Å². The Labute approximate surface area is 102 Å². The van der Waals surface area contributed by atoms with Gasteiger partial charge in [0.05, 0.1) is 0 Å². The van der Waals surface area contributed by atoms with Crippen LogP contribution in [0.5, 0.6) is 0 Å². The van der Waals surface area contributed by atoms with Gasteiger partial charge < -0.3 is 10.6 Å². The Morgan fingerprint density at radius 1 is 1.31 bits per heavy atom. The van der Waals surface area contributed by atoms with E-state index in [0.29, 0.717) is 11.5 Å². The molecule has 0 amide bonds. The monoisotopic (exact) mass is 226 g/mol. The van der Waals surface area contributed by atoms with Crippen LogP contribution in [0, 0.1) is 5.41 Å². The van der Waals surface area contributed by atoms with Crippen LogP contribution in [0.1, 0.15) is 59.3 Å². The molecule has 2 heteroatoms. The van der Waals surface area contributed by atoms with E-state index in [2.05, 4.69) is 31.4 Å². The molecule has 2 nitrogen and oxygen atoms in total. The van der Waals surface area contributed by atoms with Crippen LogP contribution in [0.15, 0.2) is 0 Å². The minimum Gasteiger partial charge on any atom is -0.316 e. The van der Waals surface area contributed by atoms with Crippen LogP contribution in [0.4, 0.5) is 0 Å². The van der Waals surface area contributed by atoms with Crippen molar-refractivity contribution in [1.82, 2.24) is 10.6 Å². The van der Waals surface area contributed by atoms with Gasteiger partial charge in [-0.3, -0.25) is 0 Å². The van der Waals surface area contributed by atoms with Gasteiger partial charge in [-0.2, -0.15) is 0 Å². The van der Waals surface area contributed by atoms with E-state index in [1.54, 1.807) is 0 Å². The quantitative estimate of drug-likeness (QED) is 0.622. The van der Waals surface area contributed by atoms with Crippen molar-refractivity contribution in [1.29, 1.82) is 0 Å². The summed E-state index contributed by atoms with van der Waals surface area (Å²) in [6.07, 6.45) is 8.07. The lowest BCUT2D eigenvalue weighted by Gasteiger charge is -2.29. The van der Waals surface area contributed by atoms with Gasteiger partial charge in [0.2, 0.25) is 0 Å². The highest BCUT2D eigenvalue weighted by molar-refractivity contribution is 4.89. The summed E-state index contributed by atoms with van der Waals surface area (Å²) in [7, 11) is 0. The third-order valence-electron chi connectivity index (χ3n) is 4.15. The van der Waals surface area contributed by atoms with Gasteiger partial charge in [0.15, 0.2) is 0 Å². The van der Waals surface area contributed by atoms with Crippen LogP contribution >= 0.6 is 0 Å². The number of unbranched alkanes of at least 4 members (excludes halogenated alkanes) is 2. The van der Waals surface area contributed by atoms with Gasteiger partial charge in [-0.1, -0.05) is 33.1 Å². The lowest BCUT2D eigenvalue weighted by molar-refractivity contribution is 0.275. The van der Waals surface area contributed by atoms with Crippen molar-refractivity contribution in [3.63, 3.8) is 0 Å². The van der Waals surface area contributed by atoms with Gasteiger partial charge in [0.25, 0.3) is 0 Å². The van der Waals surface area contributed by atoms with E-state index in [1.165, 1.54) is 58.2 Å². The predicted molar refractivity (Wildman–Crippen MR) is 71.8 cm³/mol. The maximum Gasteiger partial charge on any atom is 0.00389 e. The van der Waals surface area contributed by atoms with Crippen molar-refractivity contribution in [2.24, 2.45) is 5.41 Å². The van der Waals surface area contributed by atoms with Gasteiger partial charge in [0, 0.05) is 19.1 Å². The Morgan fingerprint density at radius 3 is 2.69 bits per heavy atom. The summed E-state index contributed by atoms with van der Waals surface area (Å²) in [6, 6.07) is 0.690. The van der Waals surface area contributed by atoms with Crippen LogP contribution in [0.2, 0.25) is 0 Å². The molecule has 16 heavy (non-hydrogen) atoms. The van der Waals surface area contributed by atoms with E-state index in [9.17, 15) is 0 Å². The van der Waals surface area contributed by atoms with Crippen molar-refractivity contribution in [3.8, 4) is 0 Å². The maximum atomic E-state index is 3.74. The molecule has 1 fully saturated rings. The minimum absolute atomic E-state index is 0.541. The molecule has 0 spiro atoms. The zero-order valence-corrected chi connectivity index (χ0v) is 11.4. The van der Waals surface area contributed by atoms with Crippen molar-refractivity contribution in [2.75, 3.05) is 19.6 Å². The SMILES string of the molecule is CCCCCC(C)NCC1(CC)CCNC1. The molecule has 1 saturated heterocycles. The summed E-state index contributed by atoms with van der Waals surface area (Å²) in [5.41, 5.74) is 0.541. The van der Waals surface area contributed by atoms with Gasteiger partial charge in [-0.15, -0.1) is 0 Å².